The molecule has 0 amide bonds. The van der Waals surface area contributed by atoms with Crippen molar-refractivity contribution < 1.29 is 24.1 Å². The molecule has 0 saturated carbocycles. The van der Waals surface area contributed by atoms with Crippen LogP contribution >= 0.6 is 23.1 Å². The first-order valence-electron chi connectivity index (χ1n) is 8.36. The van der Waals surface area contributed by atoms with E-state index in [1.165, 1.54) is 13.8 Å². The number of rotatable bonds is 8. The van der Waals surface area contributed by atoms with E-state index in [0.29, 0.717) is 11.1 Å². The van der Waals surface area contributed by atoms with Crippen molar-refractivity contribution in [2.75, 3.05) is 0 Å². The standard InChI is InChI=1S/C19H18N2O5S2/c1-13(22)25-21(26-14(2)23)24-11-15-7-3-4-8-16(15)12-27-19-20-17-9-5-6-10-18(17)28-19/h3-10H,11-12H2,1-2H3. The highest BCUT2D eigenvalue weighted by molar-refractivity contribution is 8.00. The summed E-state index contributed by atoms with van der Waals surface area (Å²) >= 11 is 3.29. The Bertz CT molecular complexity index is 927. The van der Waals surface area contributed by atoms with Gasteiger partial charge in [-0.1, -0.05) is 48.2 Å². The van der Waals surface area contributed by atoms with Gasteiger partial charge in [0.15, 0.2) is 9.73 Å². The van der Waals surface area contributed by atoms with E-state index in [1.807, 2.05) is 42.5 Å². The van der Waals surface area contributed by atoms with E-state index in [1.54, 1.807) is 23.1 Å². The quantitative estimate of drug-likeness (QED) is 0.396. The maximum atomic E-state index is 11.1. The Morgan fingerprint density at radius 2 is 1.64 bits per heavy atom. The molecule has 2 aromatic carbocycles. The number of aromatic nitrogens is 1. The minimum absolute atomic E-state index is 0.0666. The molecule has 0 aliphatic rings. The van der Waals surface area contributed by atoms with Gasteiger partial charge in [0.05, 0.1) is 10.2 Å². The molecule has 0 bridgehead atoms. The van der Waals surface area contributed by atoms with Gasteiger partial charge in [-0.05, 0) is 23.3 Å². The monoisotopic (exact) mass is 418 g/mol. The molecule has 0 saturated heterocycles. The summed E-state index contributed by atoms with van der Waals surface area (Å²) in [6.07, 6.45) is 0. The number of carbonyl (C=O) groups is 2. The van der Waals surface area contributed by atoms with Gasteiger partial charge >= 0.3 is 11.9 Å². The number of hydrogen-bond donors (Lipinski definition) is 0. The molecule has 9 heteroatoms. The maximum Gasteiger partial charge on any atom is 0.328 e. The van der Waals surface area contributed by atoms with Crippen LogP contribution in [0.4, 0.5) is 0 Å². The van der Waals surface area contributed by atoms with Crippen molar-refractivity contribution in [3.8, 4) is 0 Å². The van der Waals surface area contributed by atoms with Crippen LogP contribution in [0.2, 0.25) is 0 Å². The summed E-state index contributed by atoms with van der Waals surface area (Å²) in [6.45, 7) is 2.43. The Balaban J connectivity index is 1.64. The highest BCUT2D eigenvalue weighted by atomic mass is 32.2. The molecular formula is C19H18N2O5S2. The number of nitrogens with zero attached hydrogens (tertiary/aromatic N) is 2. The molecule has 0 unspecified atom stereocenters. The second-order valence-electron chi connectivity index (χ2n) is 5.67. The summed E-state index contributed by atoms with van der Waals surface area (Å²) in [5.74, 6) is -0.637. The average molecular weight is 418 g/mol. The van der Waals surface area contributed by atoms with Gasteiger partial charge in [-0.3, -0.25) is 9.59 Å². The number of thioether (sulfide) groups is 1. The molecule has 0 atom stereocenters. The second kappa shape index (κ2) is 9.65. The molecule has 7 nitrogen and oxygen atoms in total. The Hall–Kier alpha value is -2.46. The summed E-state index contributed by atoms with van der Waals surface area (Å²) in [7, 11) is 0. The molecule has 0 aliphatic heterocycles. The Labute approximate surface area is 170 Å². The van der Waals surface area contributed by atoms with Crippen LogP contribution in [-0.2, 0) is 36.5 Å². The predicted molar refractivity (Wildman–Crippen MR) is 106 cm³/mol. The predicted octanol–water partition coefficient (Wildman–Crippen LogP) is 4.28. The zero-order valence-electron chi connectivity index (χ0n) is 15.3. The van der Waals surface area contributed by atoms with Gasteiger partial charge in [0, 0.05) is 19.6 Å². The number of thiazole rings is 1. The normalized spacial score (nSPS) is 11.0. The molecule has 0 N–H and O–H groups in total. The molecule has 3 rings (SSSR count). The lowest BCUT2D eigenvalue weighted by atomic mass is 10.1. The summed E-state index contributed by atoms with van der Waals surface area (Å²) in [5, 5.41) is 0.433. The Morgan fingerprint density at radius 3 is 2.32 bits per heavy atom. The van der Waals surface area contributed by atoms with Gasteiger partial charge in [-0.15, -0.1) is 11.3 Å². The zero-order valence-corrected chi connectivity index (χ0v) is 16.9. The minimum Gasteiger partial charge on any atom is -0.310 e. The van der Waals surface area contributed by atoms with Gasteiger partial charge in [0.1, 0.15) is 6.61 Å². The molecule has 28 heavy (non-hydrogen) atoms. The van der Waals surface area contributed by atoms with E-state index in [0.717, 1.165) is 25.7 Å². The molecule has 0 spiro atoms. The van der Waals surface area contributed by atoms with Crippen molar-refractivity contribution in [1.29, 1.82) is 0 Å². The SMILES string of the molecule is CC(=O)ON(OCc1ccccc1CSc1nc2ccccc2s1)OC(C)=O. The van der Waals surface area contributed by atoms with Gasteiger partial charge in [0.2, 0.25) is 0 Å². The third kappa shape index (κ3) is 5.77. The second-order valence-corrected chi connectivity index (χ2v) is 7.92. The molecule has 3 aromatic rings. The molecule has 146 valence electrons. The van der Waals surface area contributed by atoms with E-state index < -0.39 is 11.9 Å². The fourth-order valence-corrected chi connectivity index (χ4v) is 4.40. The first-order chi connectivity index (χ1) is 13.5. The van der Waals surface area contributed by atoms with Crippen LogP contribution in [0.1, 0.15) is 25.0 Å². The molecular weight excluding hydrogens is 400 g/mol. The highest BCUT2D eigenvalue weighted by Gasteiger charge is 2.15. The van der Waals surface area contributed by atoms with Crippen LogP contribution in [0.3, 0.4) is 0 Å². The topological polar surface area (TPSA) is 78.0 Å². The smallest absolute Gasteiger partial charge is 0.310 e. The fraction of sp³-hybridized carbons (Fsp3) is 0.211. The van der Waals surface area contributed by atoms with Gasteiger partial charge in [-0.25, -0.2) is 9.82 Å². The van der Waals surface area contributed by atoms with Crippen LogP contribution < -0.4 is 0 Å². The lowest BCUT2D eigenvalue weighted by Gasteiger charge is -2.17. The number of fused-ring (bicyclic) bond motifs is 1. The van der Waals surface area contributed by atoms with Gasteiger partial charge in [-0.2, -0.15) is 0 Å². The van der Waals surface area contributed by atoms with Crippen molar-refractivity contribution in [2.24, 2.45) is 0 Å². The number of para-hydroxylation sites is 1. The summed E-state index contributed by atoms with van der Waals surface area (Å²) in [5.41, 5.74) is 2.91. The van der Waals surface area contributed by atoms with E-state index in [9.17, 15) is 9.59 Å². The molecule has 0 aliphatic carbocycles. The molecule has 1 heterocycles. The van der Waals surface area contributed by atoms with Crippen molar-refractivity contribution in [2.45, 2.75) is 30.5 Å². The number of carbonyl (C=O) groups excluding carboxylic acids is 2. The van der Waals surface area contributed by atoms with Gasteiger partial charge in [0.25, 0.3) is 0 Å². The number of benzene rings is 2. The van der Waals surface area contributed by atoms with Crippen LogP contribution in [-0.4, -0.2) is 22.3 Å². The lowest BCUT2D eigenvalue weighted by Crippen LogP contribution is -2.29. The van der Waals surface area contributed by atoms with Crippen LogP contribution in [0.25, 0.3) is 10.2 Å². The third-order valence-corrected chi connectivity index (χ3v) is 5.70. The summed E-state index contributed by atoms with van der Waals surface area (Å²) in [6, 6.07) is 15.7. The number of hydrogen-bond acceptors (Lipinski definition) is 9. The largest absolute Gasteiger partial charge is 0.328 e. The van der Waals surface area contributed by atoms with Crippen molar-refractivity contribution in [3.05, 3.63) is 59.7 Å². The summed E-state index contributed by atoms with van der Waals surface area (Å²) in [4.78, 5) is 41.5. The zero-order chi connectivity index (χ0) is 19.9. The van der Waals surface area contributed by atoms with Crippen LogP contribution in [0.15, 0.2) is 52.9 Å². The lowest BCUT2D eigenvalue weighted by molar-refractivity contribution is -0.489. The van der Waals surface area contributed by atoms with E-state index in [2.05, 4.69) is 11.1 Å². The fourth-order valence-electron chi connectivity index (χ4n) is 2.29. The van der Waals surface area contributed by atoms with Crippen molar-refractivity contribution in [3.63, 3.8) is 0 Å². The first-order valence-corrected chi connectivity index (χ1v) is 10.2. The first kappa shape index (κ1) is 20.3. The minimum atomic E-state index is -0.666. The van der Waals surface area contributed by atoms with E-state index in [4.69, 9.17) is 14.5 Å². The van der Waals surface area contributed by atoms with Crippen molar-refractivity contribution >= 4 is 45.3 Å². The van der Waals surface area contributed by atoms with Gasteiger partial charge < -0.3 is 9.68 Å². The summed E-state index contributed by atoms with van der Waals surface area (Å²) < 4.78 is 2.14. The maximum absolute atomic E-state index is 11.1. The molecule has 0 fully saturated rings. The Kier molecular flexibility index (Phi) is 6.99. The van der Waals surface area contributed by atoms with Crippen molar-refractivity contribution in [1.82, 2.24) is 10.4 Å². The van der Waals surface area contributed by atoms with E-state index in [-0.39, 0.29) is 6.61 Å². The van der Waals surface area contributed by atoms with Crippen LogP contribution in [0.5, 0.6) is 0 Å². The highest BCUT2D eigenvalue weighted by Crippen LogP contribution is 2.32. The average Bonchev–Trinajstić information content (AvgIpc) is 3.07. The molecule has 0 radical (unpaired) electrons. The third-order valence-electron chi connectivity index (χ3n) is 3.48. The van der Waals surface area contributed by atoms with E-state index >= 15 is 0 Å². The Morgan fingerprint density at radius 1 is 1.00 bits per heavy atom. The van der Waals surface area contributed by atoms with Crippen LogP contribution in [0, 0.1) is 0 Å². The molecule has 1 aromatic heterocycles.